The van der Waals surface area contributed by atoms with Gasteiger partial charge in [0.05, 0.1) is 5.69 Å². The fourth-order valence-corrected chi connectivity index (χ4v) is 3.38. The van der Waals surface area contributed by atoms with E-state index in [1.165, 1.54) is 18.3 Å². The van der Waals surface area contributed by atoms with Gasteiger partial charge in [0, 0.05) is 10.7 Å². The number of sulfonamides is 1. The van der Waals surface area contributed by atoms with Gasteiger partial charge in [0.1, 0.15) is 10.7 Å². The van der Waals surface area contributed by atoms with Crippen molar-refractivity contribution in [2.45, 2.75) is 18.2 Å². The zero-order chi connectivity index (χ0) is 14.8. The highest BCUT2D eigenvalue weighted by molar-refractivity contribution is 9.10. The largest absolute Gasteiger partial charge is 0.383 e. The summed E-state index contributed by atoms with van der Waals surface area (Å²) in [6.45, 7) is 1.96. The van der Waals surface area contributed by atoms with Crippen molar-refractivity contribution in [2.24, 2.45) is 0 Å². The summed E-state index contributed by atoms with van der Waals surface area (Å²) in [5.41, 5.74) is 7.05. The molecule has 5 nitrogen and oxygen atoms in total. The maximum absolute atomic E-state index is 12.3. The molecule has 0 aliphatic rings. The maximum atomic E-state index is 12.3. The highest BCUT2D eigenvalue weighted by Crippen LogP contribution is 2.25. The Morgan fingerprint density at radius 1 is 1.35 bits per heavy atom. The number of benzene rings is 1. The van der Waals surface area contributed by atoms with E-state index in [1.54, 1.807) is 12.1 Å². The number of nitrogens with one attached hydrogen (secondary N) is 1. The molecule has 0 saturated carbocycles. The number of aromatic nitrogens is 1. The Kier molecular flexibility index (Phi) is 4.29. The minimum Gasteiger partial charge on any atom is -0.383 e. The smallest absolute Gasteiger partial charge is 0.265 e. The highest BCUT2D eigenvalue weighted by Gasteiger charge is 2.19. The summed E-state index contributed by atoms with van der Waals surface area (Å²) >= 11 is 3.37. The Hall–Kier alpha value is -1.60. The van der Waals surface area contributed by atoms with Crippen LogP contribution >= 0.6 is 15.9 Å². The molecule has 2 rings (SSSR count). The van der Waals surface area contributed by atoms with Gasteiger partial charge >= 0.3 is 0 Å². The Bertz CT molecular complexity index is 732. The lowest BCUT2D eigenvalue weighted by atomic mass is 10.1. The number of hydrogen-bond acceptors (Lipinski definition) is 4. The molecule has 20 heavy (non-hydrogen) atoms. The maximum Gasteiger partial charge on any atom is 0.265 e. The fourth-order valence-electron chi connectivity index (χ4n) is 1.78. The molecule has 1 heterocycles. The van der Waals surface area contributed by atoms with E-state index in [0.717, 1.165) is 10.0 Å². The van der Waals surface area contributed by atoms with Crippen molar-refractivity contribution in [3.63, 3.8) is 0 Å². The van der Waals surface area contributed by atoms with Crippen molar-refractivity contribution in [2.75, 3.05) is 10.5 Å². The summed E-state index contributed by atoms with van der Waals surface area (Å²) in [5, 5.41) is 0. The molecule has 0 spiro atoms. The zero-order valence-corrected chi connectivity index (χ0v) is 13.2. The lowest BCUT2D eigenvalue weighted by molar-refractivity contribution is 0.601. The van der Waals surface area contributed by atoms with Crippen LogP contribution in [0.3, 0.4) is 0 Å². The number of halogens is 1. The van der Waals surface area contributed by atoms with Gasteiger partial charge in [-0.15, -0.1) is 0 Å². The molecule has 0 unspecified atom stereocenters. The van der Waals surface area contributed by atoms with E-state index >= 15 is 0 Å². The predicted octanol–water partition coefficient (Wildman–Crippen LogP) is 2.79. The van der Waals surface area contributed by atoms with Crippen molar-refractivity contribution in [1.29, 1.82) is 0 Å². The molecule has 2 aromatic rings. The number of nitrogens with two attached hydrogens (primary N) is 1. The van der Waals surface area contributed by atoms with Crippen LogP contribution < -0.4 is 10.5 Å². The molecule has 7 heteroatoms. The second kappa shape index (κ2) is 5.80. The van der Waals surface area contributed by atoms with Gasteiger partial charge in [-0.2, -0.15) is 0 Å². The first-order valence-corrected chi connectivity index (χ1v) is 8.23. The Labute approximate surface area is 126 Å². The first-order valence-electron chi connectivity index (χ1n) is 5.96. The van der Waals surface area contributed by atoms with E-state index < -0.39 is 10.0 Å². The van der Waals surface area contributed by atoms with Crippen LogP contribution in [0, 0.1) is 0 Å². The Morgan fingerprint density at radius 2 is 2.10 bits per heavy atom. The van der Waals surface area contributed by atoms with E-state index in [9.17, 15) is 8.42 Å². The molecule has 0 fully saturated rings. The molecule has 0 amide bonds. The highest BCUT2D eigenvalue weighted by atomic mass is 79.9. The second-order valence-electron chi connectivity index (χ2n) is 4.15. The molecule has 106 valence electrons. The van der Waals surface area contributed by atoms with E-state index in [-0.39, 0.29) is 10.7 Å². The van der Waals surface area contributed by atoms with Crippen molar-refractivity contribution in [1.82, 2.24) is 4.98 Å². The first-order chi connectivity index (χ1) is 9.44. The molecule has 0 atom stereocenters. The van der Waals surface area contributed by atoms with Crippen molar-refractivity contribution in [3.8, 4) is 0 Å². The molecular weight excluding hydrogens is 342 g/mol. The zero-order valence-electron chi connectivity index (χ0n) is 10.8. The summed E-state index contributed by atoms with van der Waals surface area (Å²) in [6, 6.07) is 8.34. The van der Waals surface area contributed by atoms with Crippen LogP contribution in [-0.2, 0) is 16.4 Å². The quantitative estimate of drug-likeness (QED) is 0.882. The van der Waals surface area contributed by atoms with Gasteiger partial charge in [0.25, 0.3) is 10.0 Å². The van der Waals surface area contributed by atoms with Crippen LogP contribution in [-0.4, -0.2) is 13.4 Å². The molecule has 0 radical (unpaired) electrons. The Balaban J connectivity index is 2.41. The van der Waals surface area contributed by atoms with Crippen LogP contribution in [0.2, 0.25) is 0 Å². The van der Waals surface area contributed by atoms with Crippen LogP contribution in [0.5, 0.6) is 0 Å². The van der Waals surface area contributed by atoms with Gasteiger partial charge in [-0.25, -0.2) is 13.4 Å². The van der Waals surface area contributed by atoms with Crippen molar-refractivity contribution < 1.29 is 8.42 Å². The summed E-state index contributed by atoms with van der Waals surface area (Å²) in [4.78, 5) is 3.77. The van der Waals surface area contributed by atoms with Crippen molar-refractivity contribution >= 4 is 37.5 Å². The van der Waals surface area contributed by atoms with Gasteiger partial charge in [-0.3, -0.25) is 4.72 Å². The van der Waals surface area contributed by atoms with E-state index in [1.807, 2.05) is 13.0 Å². The van der Waals surface area contributed by atoms with Crippen LogP contribution in [0.4, 0.5) is 11.5 Å². The molecule has 1 aromatic heterocycles. The van der Waals surface area contributed by atoms with Gasteiger partial charge in [0.15, 0.2) is 0 Å². The van der Waals surface area contributed by atoms with Crippen LogP contribution in [0.25, 0.3) is 0 Å². The Morgan fingerprint density at radius 3 is 2.75 bits per heavy atom. The first kappa shape index (κ1) is 14.8. The third-order valence-corrected chi connectivity index (χ3v) is 4.69. The topological polar surface area (TPSA) is 85.1 Å². The minimum absolute atomic E-state index is 0.0184. The van der Waals surface area contributed by atoms with E-state index in [2.05, 4.69) is 25.6 Å². The SMILES string of the molecule is CCc1cc(Br)ccc1NS(=O)(=O)c1cccnc1N. The minimum atomic E-state index is -3.74. The summed E-state index contributed by atoms with van der Waals surface area (Å²) in [7, 11) is -3.74. The fraction of sp³-hybridized carbons (Fsp3) is 0.154. The number of anilines is 2. The number of nitrogen functional groups attached to an aromatic ring is 1. The second-order valence-corrected chi connectivity index (χ2v) is 6.71. The molecular formula is C13H14BrN3O2S. The number of aryl methyl sites for hydroxylation is 1. The number of nitrogens with zero attached hydrogens (tertiary/aromatic N) is 1. The molecule has 0 saturated heterocycles. The van der Waals surface area contributed by atoms with Crippen LogP contribution in [0.1, 0.15) is 12.5 Å². The summed E-state index contributed by atoms with van der Waals surface area (Å²) in [6.07, 6.45) is 2.16. The average molecular weight is 356 g/mol. The van der Waals surface area contributed by atoms with E-state index in [0.29, 0.717) is 12.1 Å². The van der Waals surface area contributed by atoms with Crippen LogP contribution in [0.15, 0.2) is 45.9 Å². The molecule has 3 N–H and O–H groups in total. The molecule has 0 aliphatic heterocycles. The van der Waals surface area contributed by atoms with Crippen molar-refractivity contribution in [3.05, 3.63) is 46.6 Å². The number of pyridine rings is 1. The lowest BCUT2D eigenvalue weighted by Crippen LogP contribution is -2.16. The average Bonchev–Trinajstić information content (AvgIpc) is 2.41. The lowest BCUT2D eigenvalue weighted by Gasteiger charge is -2.13. The number of hydrogen-bond donors (Lipinski definition) is 2. The molecule has 0 bridgehead atoms. The van der Waals surface area contributed by atoms with Gasteiger partial charge < -0.3 is 5.73 Å². The molecule has 0 aliphatic carbocycles. The van der Waals surface area contributed by atoms with Gasteiger partial charge in [-0.05, 0) is 42.3 Å². The number of rotatable bonds is 4. The molecule has 1 aromatic carbocycles. The normalized spacial score (nSPS) is 11.3. The summed E-state index contributed by atoms with van der Waals surface area (Å²) < 4.78 is 28.1. The van der Waals surface area contributed by atoms with Gasteiger partial charge in [0.2, 0.25) is 0 Å². The van der Waals surface area contributed by atoms with E-state index in [4.69, 9.17) is 5.73 Å². The third kappa shape index (κ3) is 3.10. The third-order valence-electron chi connectivity index (χ3n) is 2.78. The summed E-state index contributed by atoms with van der Waals surface area (Å²) in [5.74, 6) is -0.0184. The van der Waals surface area contributed by atoms with Gasteiger partial charge in [-0.1, -0.05) is 22.9 Å². The standard InChI is InChI=1S/C13H14BrN3O2S/c1-2-9-8-10(14)5-6-11(9)17-20(18,19)12-4-3-7-16-13(12)15/h3-8,17H,2H2,1H3,(H2,15,16). The monoisotopic (exact) mass is 355 g/mol. The predicted molar refractivity (Wildman–Crippen MR) is 83.0 cm³/mol.